The first-order valence-corrected chi connectivity index (χ1v) is 6.77. The maximum atomic E-state index is 10.9. The molecule has 0 spiro atoms. The normalized spacial score (nSPS) is 12.3. The van der Waals surface area contributed by atoms with E-state index in [0.717, 1.165) is 28.2 Å². The van der Waals surface area contributed by atoms with E-state index in [2.05, 4.69) is 17.3 Å². The fourth-order valence-electron chi connectivity index (χ4n) is 1.66. The van der Waals surface area contributed by atoms with Crippen LogP contribution in [0.15, 0.2) is 29.6 Å². The van der Waals surface area contributed by atoms with Gasteiger partial charge in [0.1, 0.15) is 5.01 Å². The molecule has 0 aliphatic rings. The first-order chi connectivity index (χ1) is 8.61. The van der Waals surface area contributed by atoms with Crippen molar-refractivity contribution < 1.29 is 9.90 Å². The Kier molecular flexibility index (Phi) is 3.77. The Labute approximate surface area is 110 Å². The van der Waals surface area contributed by atoms with Gasteiger partial charge in [-0.3, -0.25) is 4.79 Å². The molecule has 3 nitrogen and oxygen atoms in total. The van der Waals surface area contributed by atoms with Gasteiger partial charge in [-0.15, -0.1) is 11.3 Å². The number of carbonyl (C=O) groups is 1. The molecule has 2 rings (SSSR count). The van der Waals surface area contributed by atoms with Crippen LogP contribution in [-0.4, -0.2) is 16.1 Å². The largest absolute Gasteiger partial charge is 0.481 e. The third kappa shape index (κ3) is 2.59. The molecule has 94 valence electrons. The molecule has 1 aromatic carbocycles. The molecule has 1 unspecified atom stereocenters. The molecular formula is C14H15NO2S. The molecular weight excluding hydrogens is 246 g/mol. The molecule has 1 N–H and O–H groups in total. The topological polar surface area (TPSA) is 50.2 Å². The Morgan fingerprint density at radius 2 is 2.06 bits per heavy atom. The van der Waals surface area contributed by atoms with Gasteiger partial charge in [-0.25, -0.2) is 4.98 Å². The summed E-state index contributed by atoms with van der Waals surface area (Å²) in [5.41, 5.74) is 2.96. The summed E-state index contributed by atoms with van der Waals surface area (Å²) < 4.78 is 0. The maximum absolute atomic E-state index is 10.9. The SMILES string of the molecule is CCc1csc(-c2ccc(C(C)C(=O)O)cc2)n1. The highest BCUT2D eigenvalue weighted by atomic mass is 32.1. The van der Waals surface area contributed by atoms with Crippen LogP contribution in [-0.2, 0) is 11.2 Å². The smallest absolute Gasteiger partial charge is 0.310 e. The van der Waals surface area contributed by atoms with E-state index >= 15 is 0 Å². The van der Waals surface area contributed by atoms with Crippen molar-refractivity contribution >= 4 is 17.3 Å². The van der Waals surface area contributed by atoms with Crippen molar-refractivity contribution in [2.45, 2.75) is 26.2 Å². The van der Waals surface area contributed by atoms with Crippen molar-refractivity contribution in [3.63, 3.8) is 0 Å². The minimum Gasteiger partial charge on any atom is -0.481 e. The molecule has 0 amide bonds. The van der Waals surface area contributed by atoms with E-state index in [4.69, 9.17) is 5.11 Å². The highest BCUT2D eigenvalue weighted by Crippen LogP contribution is 2.26. The minimum absolute atomic E-state index is 0.471. The lowest BCUT2D eigenvalue weighted by atomic mass is 10.0. The number of aryl methyl sites for hydroxylation is 1. The van der Waals surface area contributed by atoms with E-state index in [9.17, 15) is 4.79 Å². The summed E-state index contributed by atoms with van der Waals surface area (Å²) in [5.74, 6) is -1.27. The second-order valence-corrected chi connectivity index (χ2v) is 5.04. The zero-order valence-electron chi connectivity index (χ0n) is 10.4. The van der Waals surface area contributed by atoms with E-state index in [1.54, 1.807) is 18.3 Å². The molecule has 1 heterocycles. The van der Waals surface area contributed by atoms with E-state index in [0.29, 0.717) is 0 Å². The number of nitrogens with zero attached hydrogens (tertiary/aromatic N) is 1. The number of aliphatic carboxylic acids is 1. The molecule has 18 heavy (non-hydrogen) atoms. The number of aromatic nitrogens is 1. The number of benzene rings is 1. The minimum atomic E-state index is -0.801. The molecule has 0 saturated carbocycles. The van der Waals surface area contributed by atoms with Crippen LogP contribution in [0.2, 0.25) is 0 Å². The Morgan fingerprint density at radius 3 is 2.56 bits per heavy atom. The summed E-state index contributed by atoms with van der Waals surface area (Å²) in [6.07, 6.45) is 0.935. The number of thiazole rings is 1. The van der Waals surface area contributed by atoms with Crippen molar-refractivity contribution in [3.8, 4) is 10.6 Å². The third-order valence-electron chi connectivity index (χ3n) is 2.94. The highest BCUT2D eigenvalue weighted by molar-refractivity contribution is 7.13. The Hall–Kier alpha value is -1.68. The van der Waals surface area contributed by atoms with Crippen LogP contribution in [0.4, 0.5) is 0 Å². The summed E-state index contributed by atoms with van der Waals surface area (Å²) in [6.45, 7) is 3.77. The van der Waals surface area contributed by atoms with Crippen LogP contribution in [0.25, 0.3) is 10.6 Å². The van der Waals surface area contributed by atoms with Crippen LogP contribution in [0.3, 0.4) is 0 Å². The first-order valence-electron chi connectivity index (χ1n) is 5.89. The van der Waals surface area contributed by atoms with Crippen LogP contribution < -0.4 is 0 Å². The molecule has 0 bridgehead atoms. The monoisotopic (exact) mass is 261 g/mol. The van der Waals surface area contributed by atoms with Crippen molar-refractivity contribution in [2.75, 3.05) is 0 Å². The van der Waals surface area contributed by atoms with E-state index in [-0.39, 0.29) is 0 Å². The number of rotatable bonds is 4. The zero-order valence-corrected chi connectivity index (χ0v) is 11.2. The van der Waals surface area contributed by atoms with Gasteiger partial charge in [0.25, 0.3) is 0 Å². The van der Waals surface area contributed by atoms with Gasteiger partial charge in [0.2, 0.25) is 0 Å². The number of hydrogen-bond acceptors (Lipinski definition) is 3. The van der Waals surface area contributed by atoms with Gasteiger partial charge in [0.05, 0.1) is 11.6 Å². The number of carboxylic acids is 1. The quantitative estimate of drug-likeness (QED) is 0.915. The van der Waals surface area contributed by atoms with E-state index < -0.39 is 11.9 Å². The highest BCUT2D eigenvalue weighted by Gasteiger charge is 2.13. The molecule has 1 atom stereocenters. The van der Waals surface area contributed by atoms with Gasteiger partial charge in [-0.05, 0) is 18.9 Å². The fraction of sp³-hybridized carbons (Fsp3) is 0.286. The Bertz CT molecular complexity index is 545. The van der Waals surface area contributed by atoms with Crippen molar-refractivity contribution in [1.29, 1.82) is 0 Å². The molecule has 0 aliphatic heterocycles. The lowest BCUT2D eigenvalue weighted by molar-refractivity contribution is -0.138. The maximum Gasteiger partial charge on any atom is 0.310 e. The van der Waals surface area contributed by atoms with Gasteiger partial charge in [0, 0.05) is 10.9 Å². The molecule has 0 radical (unpaired) electrons. The second kappa shape index (κ2) is 5.31. The van der Waals surface area contributed by atoms with Crippen LogP contribution in [0, 0.1) is 0 Å². The van der Waals surface area contributed by atoms with Crippen LogP contribution >= 0.6 is 11.3 Å². The summed E-state index contributed by atoms with van der Waals surface area (Å²) >= 11 is 1.62. The second-order valence-electron chi connectivity index (χ2n) is 4.18. The molecule has 1 aromatic heterocycles. The van der Waals surface area contributed by atoms with Crippen molar-refractivity contribution in [3.05, 3.63) is 40.9 Å². The summed E-state index contributed by atoms with van der Waals surface area (Å²) in [6, 6.07) is 7.60. The lowest BCUT2D eigenvalue weighted by Gasteiger charge is -2.06. The zero-order chi connectivity index (χ0) is 13.1. The van der Waals surface area contributed by atoms with Gasteiger partial charge >= 0.3 is 5.97 Å². The van der Waals surface area contributed by atoms with Crippen LogP contribution in [0.5, 0.6) is 0 Å². The first kappa shape index (κ1) is 12.8. The van der Waals surface area contributed by atoms with Crippen LogP contribution in [0.1, 0.15) is 31.0 Å². The fourth-order valence-corrected chi connectivity index (χ4v) is 2.57. The van der Waals surface area contributed by atoms with Gasteiger partial charge in [-0.1, -0.05) is 31.2 Å². The third-order valence-corrected chi connectivity index (χ3v) is 3.88. The molecule has 4 heteroatoms. The molecule has 2 aromatic rings. The van der Waals surface area contributed by atoms with Gasteiger partial charge in [-0.2, -0.15) is 0 Å². The Balaban J connectivity index is 2.24. The van der Waals surface area contributed by atoms with Crippen molar-refractivity contribution in [2.24, 2.45) is 0 Å². The van der Waals surface area contributed by atoms with Gasteiger partial charge in [0.15, 0.2) is 0 Å². The van der Waals surface area contributed by atoms with E-state index in [1.165, 1.54) is 0 Å². The standard InChI is InChI=1S/C14H15NO2S/c1-3-12-8-18-13(15-12)11-6-4-10(5-7-11)9(2)14(16)17/h4-9H,3H2,1-2H3,(H,16,17). The lowest BCUT2D eigenvalue weighted by Crippen LogP contribution is -2.06. The van der Waals surface area contributed by atoms with Gasteiger partial charge < -0.3 is 5.11 Å². The Morgan fingerprint density at radius 1 is 1.39 bits per heavy atom. The summed E-state index contributed by atoms with van der Waals surface area (Å²) in [5, 5.41) is 12.0. The average Bonchev–Trinajstić information content (AvgIpc) is 2.86. The predicted molar refractivity (Wildman–Crippen MR) is 73.0 cm³/mol. The number of hydrogen-bond donors (Lipinski definition) is 1. The average molecular weight is 261 g/mol. The molecule has 0 fully saturated rings. The predicted octanol–water partition coefficient (Wildman–Crippen LogP) is 3.56. The number of carboxylic acid groups (broad SMARTS) is 1. The summed E-state index contributed by atoms with van der Waals surface area (Å²) in [7, 11) is 0. The van der Waals surface area contributed by atoms with Crippen molar-refractivity contribution in [1.82, 2.24) is 4.98 Å². The molecule has 0 aliphatic carbocycles. The van der Waals surface area contributed by atoms with E-state index in [1.807, 2.05) is 24.3 Å². The molecule has 0 saturated heterocycles. The summed E-state index contributed by atoms with van der Waals surface area (Å²) in [4.78, 5) is 15.4.